The molecule has 0 aliphatic heterocycles. The van der Waals surface area contributed by atoms with Gasteiger partial charge in [0.1, 0.15) is 0 Å². The summed E-state index contributed by atoms with van der Waals surface area (Å²) in [6, 6.07) is -0.619. The first kappa shape index (κ1) is 28.5. The molecular weight excluding hydrogens is 506 g/mol. The molecule has 3 aliphatic carbocycles. The van der Waals surface area contributed by atoms with Gasteiger partial charge in [-0.05, 0) is 57.8 Å². The molecule has 3 fully saturated rings. The number of ether oxygens (including phenoxy) is 2. The highest BCUT2D eigenvalue weighted by atomic mass is 32.2. The van der Waals surface area contributed by atoms with E-state index in [4.69, 9.17) is 9.88 Å². The van der Waals surface area contributed by atoms with Crippen molar-refractivity contribution in [2.24, 2.45) is 17.0 Å². The number of halogens is 6. The number of carbonyl (C=O) groups is 1. The van der Waals surface area contributed by atoms with Crippen LogP contribution in [0, 0.1) is 11.8 Å². The predicted molar refractivity (Wildman–Crippen MR) is 112 cm³/mol. The summed E-state index contributed by atoms with van der Waals surface area (Å²) in [5.41, 5.74) is 0. The van der Waals surface area contributed by atoms with Gasteiger partial charge in [0.25, 0.3) is 0 Å². The van der Waals surface area contributed by atoms with E-state index in [-0.39, 0.29) is 51.4 Å². The van der Waals surface area contributed by atoms with Crippen LogP contribution in [0.5, 0.6) is 0 Å². The minimum Gasteiger partial charge on any atom is -0.374 e. The summed E-state index contributed by atoms with van der Waals surface area (Å²) < 4.78 is 112. The third-order valence-corrected chi connectivity index (χ3v) is 8.64. The molecule has 5 unspecified atom stereocenters. The van der Waals surface area contributed by atoms with Crippen molar-refractivity contribution in [3.05, 3.63) is 0 Å². The zero-order valence-electron chi connectivity index (χ0n) is 19.1. The molecule has 3 N–H and O–H groups in total. The molecule has 0 spiro atoms. The molecule has 5 atom stereocenters. The topological polar surface area (TPSA) is 108 Å². The van der Waals surface area contributed by atoms with Crippen molar-refractivity contribution in [3.8, 4) is 0 Å². The Morgan fingerprint density at radius 2 is 1.46 bits per heavy atom. The van der Waals surface area contributed by atoms with Crippen LogP contribution in [0.25, 0.3) is 0 Å². The van der Waals surface area contributed by atoms with E-state index in [1.807, 2.05) is 0 Å². The van der Waals surface area contributed by atoms with E-state index in [1.165, 1.54) is 0 Å². The fourth-order valence-electron chi connectivity index (χ4n) is 5.62. The van der Waals surface area contributed by atoms with Crippen LogP contribution in [0.1, 0.15) is 70.6 Å². The molecule has 0 bridgehead atoms. The largest absolute Gasteiger partial charge is 0.522 e. The molecule has 0 aromatic rings. The standard InChI is InChI=1S/C21H32F6N2O5S/c22-20(23,24)16-5-2-6-17(33-13-7-9-14(10-8-13)34-21(25,26)27)18(16)19(30)29-12-3-1-4-15(11-12)35(28,31)32/h12-18H,1-11H2,(H,29,30)(H2,28,31,32). The Labute approximate surface area is 200 Å². The summed E-state index contributed by atoms with van der Waals surface area (Å²) in [4.78, 5) is 13.1. The van der Waals surface area contributed by atoms with Gasteiger partial charge in [-0.3, -0.25) is 9.53 Å². The number of sulfonamides is 1. The summed E-state index contributed by atoms with van der Waals surface area (Å²) in [5, 5.41) is 6.96. The molecule has 0 aromatic carbocycles. The molecule has 204 valence electrons. The fraction of sp³-hybridized carbons (Fsp3) is 0.952. The molecule has 3 aliphatic rings. The SMILES string of the molecule is NS(=O)(=O)C1CCCC(NC(=O)C2C(OC3CCC(OC(F)(F)F)CC3)CCCC2C(F)(F)F)C1. The molecule has 0 radical (unpaired) electrons. The van der Waals surface area contributed by atoms with Crippen molar-refractivity contribution in [3.63, 3.8) is 0 Å². The van der Waals surface area contributed by atoms with Gasteiger partial charge >= 0.3 is 12.5 Å². The molecular formula is C21H32F6N2O5S. The van der Waals surface area contributed by atoms with Crippen molar-refractivity contribution < 1.29 is 49.0 Å². The van der Waals surface area contributed by atoms with Gasteiger partial charge in [-0.25, -0.2) is 13.6 Å². The quantitative estimate of drug-likeness (QED) is 0.499. The first-order chi connectivity index (χ1) is 16.1. The molecule has 0 heterocycles. The lowest BCUT2D eigenvalue weighted by Crippen LogP contribution is -2.53. The van der Waals surface area contributed by atoms with E-state index < -0.39 is 69.9 Å². The Morgan fingerprint density at radius 1 is 0.857 bits per heavy atom. The monoisotopic (exact) mass is 538 g/mol. The Hall–Kier alpha value is -1.12. The van der Waals surface area contributed by atoms with Gasteiger partial charge in [-0.2, -0.15) is 13.2 Å². The van der Waals surface area contributed by atoms with Gasteiger partial charge < -0.3 is 10.1 Å². The summed E-state index contributed by atoms with van der Waals surface area (Å²) in [7, 11) is -3.84. The first-order valence-corrected chi connectivity index (χ1v) is 13.5. The maximum Gasteiger partial charge on any atom is 0.522 e. The van der Waals surface area contributed by atoms with Gasteiger partial charge in [-0.1, -0.05) is 12.8 Å². The summed E-state index contributed by atoms with van der Waals surface area (Å²) in [6.45, 7) is 0. The maximum absolute atomic E-state index is 13.9. The van der Waals surface area contributed by atoms with Gasteiger partial charge in [-0.15, -0.1) is 13.2 Å². The van der Waals surface area contributed by atoms with Gasteiger partial charge in [0, 0.05) is 6.04 Å². The van der Waals surface area contributed by atoms with Crippen molar-refractivity contribution in [2.45, 2.75) is 113 Å². The second kappa shape index (κ2) is 11.1. The molecule has 1 amide bonds. The number of hydrogen-bond donors (Lipinski definition) is 2. The second-order valence-electron chi connectivity index (χ2n) is 9.82. The van der Waals surface area contributed by atoms with Gasteiger partial charge in [0.15, 0.2) is 0 Å². The minimum absolute atomic E-state index is 0.0305. The van der Waals surface area contributed by atoms with E-state index in [0.29, 0.717) is 19.3 Å². The van der Waals surface area contributed by atoms with Crippen LogP contribution >= 0.6 is 0 Å². The van der Waals surface area contributed by atoms with Gasteiger partial charge in [0.05, 0.1) is 35.4 Å². The third-order valence-electron chi connectivity index (χ3n) is 7.29. The van der Waals surface area contributed by atoms with Crippen LogP contribution in [0.2, 0.25) is 0 Å². The van der Waals surface area contributed by atoms with Crippen molar-refractivity contribution in [2.75, 3.05) is 0 Å². The Balaban J connectivity index is 1.67. The number of rotatable bonds is 6. The smallest absolute Gasteiger partial charge is 0.374 e. The van der Waals surface area contributed by atoms with E-state index in [9.17, 15) is 39.6 Å². The molecule has 14 heteroatoms. The maximum atomic E-state index is 13.9. The van der Waals surface area contributed by atoms with Crippen LogP contribution in [-0.4, -0.2) is 56.5 Å². The number of primary sulfonamides is 1. The highest BCUT2D eigenvalue weighted by Crippen LogP contribution is 2.44. The molecule has 3 saturated carbocycles. The zero-order valence-corrected chi connectivity index (χ0v) is 19.9. The Bertz CT molecular complexity index is 829. The van der Waals surface area contributed by atoms with Crippen molar-refractivity contribution in [1.29, 1.82) is 0 Å². The summed E-state index contributed by atoms with van der Waals surface area (Å²) in [5.74, 6) is -4.29. The number of hydrogen-bond acceptors (Lipinski definition) is 5. The van der Waals surface area contributed by atoms with Crippen LogP contribution in [0.4, 0.5) is 26.3 Å². The lowest BCUT2D eigenvalue weighted by Gasteiger charge is -2.41. The highest BCUT2D eigenvalue weighted by Gasteiger charge is 2.53. The van der Waals surface area contributed by atoms with E-state index >= 15 is 0 Å². The summed E-state index contributed by atoms with van der Waals surface area (Å²) in [6.07, 6.45) is -10.2. The highest BCUT2D eigenvalue weighted by molar-refractivity contribution is 7.89. The van der Waals surface area contributed by atoms with Crippen molar-refractivity contribution in [1.82, 2.24) is 5.32 Å². The Kier molecular flexibility index (Phi) is 9.02. The zero-order chi connectivity index (χ0) is 26.0. The lowest BCUT2D eigenvalue weighted by atomic mass is 9.75. The lowest BCUT2D eigenvalue weighted by molar-refractivity contribution is -0.346. The molecule has 0 aromatic heterocycles. The second-order valence-corrected chi connectivity index (χ2v) is 11.7. The molecule has 35 heavy (non-hydrogen) atoms. The average molecular weight is 539 g/mol. The van der Waals surface area contributed by atoms with E-state index in [2.05, 4.69) is 10.1 Å². The van der Waals surface area contributed by atoms with Crippen LogP contribution in [0.15, 0.2) is 0 Å². The number of nitrogens with one attached hydrogen (secondary N) is 1. The number of nitrogens with two attached hydrogens (primary N) is 1. The van der Waals surface area contributed by atoms with Crippen LogP contribution in [-0.2, 0) is 24.3 Å². The minimum atomic E-state index is -4.76. The average Bonchev–Trinajstić information content (AvgIpc) is 2.73. The molecule has 3 rings (SSSR count). The molecule has 0 saturated heterocycles. The van der Waals surface area contributed by atoms with E-state index in [1.54, 1.807) is 0 Å². The predicted octanol–water partition coefficient (Wildman–Crippen LogP) is 3.91. The normalized spacial score (nSPS) is 35.5. The number of amides is 1. The fourth-order valence-corrected chi connectivity index (χ4v) is 6.62. The first-order valence-electron chi connectivity index (χ1n) is 11.9. The Morgan fingerprint density at radius 3 is 2.03 bits per heavy atom. The number of carbonyl (C=O) groups excluding carboxylic acids is 1. The molecule has 7 nitrogen and oxygen atoms in total. The van der Waals surface area contributed by atoms with Crippen molar-refractivity contribution >= 4 is 15.9 Å². The van der Waals surface area contributed by atoms with Crippen LogP contribution < -0.4 is 10.5 Å². The van der Waals surface area contributed by atoms with Crippen LogP contribution in [0.3, 0.4) is 0 Å². The summed E-state index contributed by atoms with van der Waals surface area (Å²) >= 11 is 0. The third kappa shape index (κ3) is 8.19. The number of alkyl halides is 6. The van der Waals surface area contributed by atoms with Gasteiger partial charge in [0.2, 0.25) is 15.9 Å². The van der Waals surface area contributed by atoms with E-state index in [0.717, 1.165) is 0 Å².